The van der Waals surface area contributed by atoms with Gasteiger partial charge in [0.05, 0.1) is 13.2 Å². The predicted octanol–water partition coefficient (Wildman–Crippen LogP) is 1.89. The number of nitrogens with zero attached hydrogens (tertiary/aromatic N) is 1. The largest absolute Gasteiger partial charge is 0.401 e. The third-order valence-electron chi connectivity index (χ3n) is 2.41. The molecule has 0 amide bonds. The average molecular weight is 256 g/mol. The average Bonchev–Trinajstić information content (AvgIpc) is 2.24. The number of hydrogen-bond acceptors (Lipinski definition) is 3. The molecule has 17 heavy (non-hydrogen) atoms. The lowest BCUT2D eigenvalue weighted by atomic mass is 10.3. The molecule has 0 aliphatic carbocycles. The number of halogens is 3. The molecule has 0 aromatic carbocycles. The van der Waals surface area contributed by atoms with Crippen molar-refractivity contribution >= 4 is 0 Å². The quantitative estimate of drug-likeness (QED) is 0.604. The summed E-state index contributed by atoms with van der Waals surface area (Å²) in [5.41, 5.74) is 0. The lowest BCUT2D eigenvalue weighted by molar-refractivity contribution is -0.145. The molecular formula is C11H23F3N2O. The normalized spacial score (nSPS) is 12.4. The van der Waals surface area contributed by atoms with Crippen molar-refractivity contribution in [3.05, 3.63) is 0 Å². The number of rotatable bonds is 10. The van der Waals surface area contributed by atoms with Gasteiger partial charge in [-0.15, -0.1) is 0 Å². The summed E-state index contributed by atoms with van der Waals surface area (Å²) >= 11 is 0. The van der Waals surface area contributed by atoms with E-state index >= 15 is 0 Å². The van der Waals surface area contributed by atoms with Crippen LogP contribution in [0.25, 0.3) is 0 Å². The highest BCUT2D eigenvalue weighted by molar-refractivity contribution is 4.62. The van der Waals surface area contributed by atoms with E-state index in [1.165, 1.54) is 4.90 Å². The number of alkyl halides is 3. The van der Waals surface area contributed by atoms with Crippen molar-refractivity contribution in [3.63, 3.8) is 0 Å². The fraction of sp³-hybridized carbons (Fsp3) is 1.00. The molecule has 0 unspecified atom stereocenters. The van der Waals surface area contributed by atoms with Gasteiger partial charge in [-0.2, -0.15) is 13.2 Å². The zero-order chi connectivity index (χ0) is 13.1. The minimum Gasteiger partial charge on any atom is -0.383 e. The van der Waals surface area contributed by atoms with Gasteiger partial charge in [0.25, 0.3) is 0 Å². The van der Waals surface area contributed by atoms with Gasteiger partial charge >= 0.3 is 6.18 Å². The van der Waals surface area contributed by atoms with E-state index in [0.29, 0.717) is 19.7 Å². The highest BCUT2D eigenvalue weighted by Gasteiger charge is 2.29. The van der Waals surface area contributed by atoms with Crippen molar-refractivity contribution in [1.82, 2.24) is 10.2 Å². The molecule has 0 rings (SSSR count). The number of unbranched alkanes of at least 4 members (excludes halogenated alkanes) is 1. The molecule has 0 saturated heterocycles. The number of hydrogen-bond donors (Lipinski definition) is 1. The summed E-state index contributed by atoms with van der Waals surface area (Å²) in [5.74, 6) is 0. The first-order valence-corrected chi connectivity index (χ1v) is 5.98. The molecule has 3 nitrogen and oxygen atoms in total. The van der Waals surface area contributed by atoms with Crippen LogP contribution in [0, 0.1) is 0 Å². The summed E-state index contributed by atoms with van der Waals surface area (Å²) in [6, 6.07) is 0. The molecule has 1 N–H and O–H groups in total. The molecule has 0 heterocycles. The van der Waals surface area contributed by atoms with Gasteiger partial charge in [0.15, 0.2) is 0 Å². The van der Waals surface area contributed by atoms with Crippen molar-refractivity contribution in [2.24, 2.45) is 0 Å². The van der Waals surface area contributed by atoms with E-state index in [0.717, 1.165) is 25.9 Å². The van der Waals surface area contributed by atoms with E-state index < -0.39 is 12.7 Å². The summed E-state index contributed by atoms with van der Waals surface area (Å²) < 4.78 is 41.3. The second kappa shape index (κ2) is 9.67. The molecule has 104 valence electrons. The van der Waals surface area contributed by atoms with Gasteiger partial charge in [0.1, 0.15) is 0 Å². The summed E-state index contributed by atoms with van der Waals surface area (Å²) in [6.45, 7) is 4.17. The molecule has 0 atom stereocenters. The van der Waals surface area contributed by atoms with E-state index in [9.17, 15) is 13.2 Å². The molecule has 0 aliphatic rings. The standard InChI is InChI=1S/C11H23F3N2O/c1-3-16(10-11(12,13)14)8-5-4-6-15-7-9-17-2/h15H,3-10H2,1-2H3. The van der Waals surface area contributed by atoms with Gasteiger partial charge in [-0.3, -0.25) is 4.90 Å². The fourth-order valence-corrected chi connectivity index (χ4v) is 1.49. The molecule has 0 saturated carbocycles. The first-order valence-electron chi connectivity index (χ1n) is 5.98. The molecule has 0 fully saturated rings. The molecule has 6 heteroatoms. The summed E-state index contributed by atoms with van der Waals surface area (Å²) in [5, 5.41) is 3.16. The third kappa shape index (κ3) is 11.9. The van der Waals surface area contributed by atoms with Gasteiger partial charge in [-0.25, -0.2) is 0 Å². The van der Waals surface area contributed by atoms with Gasteiger partial charge in [-0.1, -0.05) is 6.92 Å². The Balaban J connectivity index is 3.44. The maximum absolute atomic E-state index is 12.1. The number of ether oxygens (including phenoxy) is 1. The van der Waals surface area contributed by atoms with Crippen LogP contribution in [0.15, 0.2) is 0 Å². The van der Waals surface area contributed by atoms with Crippen molar-refractivity contribution in [2.75, 3.05) is 46.4 Å². The monoisotopic (exact) mass is 256 g/mol. The fourth-order valence-electron chi connectivity index (χ4n) is 1.49. The Morgan fingerprint density at radius 3 is 2.41 bits per heavy atom. The zero-order valence-electron chi connectivity index (χ0n) is 10.6. The van der Waals surface area contributed by atoms with Gasteiger partial charge in [0, 0.05) is 13.7 Å². The molecular weight excluding hydrogens is 233 g/mol. The molecule has 0 radical (unpaired) electrons. The number of nitrogens with one attached hydrogen (secondary N) is 1. The second-order valence-corrected chi connectivity index (χ2v) is 3.93. The SMILES string of the molecule is CCN(CCCCNCCOC)CC(F)(F)F. The van der Waals surface area contributed by atoms with Crippen molar-refractivity contribution in [2.45, 2.75) is 25.9 Å². The maximum Gasteiger partial charge on any atom is 0.401 e. The van der Waals surface area contributed by atoms with Gasteiger partial charge in [-0.05, 0) is 32.5 Å². The van der Waals surface area contributed by atoms with E-state index in [4.69, 9.17) is 4.74 Å². The van der Waals surface area contributed by atoms with Crippen molar-refractivity contribution in [1.29, 1.82) is 0 Å². The van der Waals surface area contributed by atoms with E-state index in [2.05, 4.69) is 5.32 Å². The van der Waals surface area contributed by atoms with Crippen LogP contribution in [-0.2, 0) is 4.74 Å². The minimum atomic E-state index is -4.09. The lowest BCUT2D eigenvalue weighted by Gasteiger charge is -2.21. The highest BCUT2D eigenvalue weighted by atomic mass is 19.4. The van der Waals surface area contributed by atoms with Crippen LogP contribution in [0.4, 0.5) is 13.2 Å². The lowest BCUT2D eigenvalue weighted by Crippen LogP contribution is -2.35. The van der Waals surface area contributed by atoms with Gasteiger partial charge in [0.2, 0.25) is 0 Å². The number of methoxy groups -OCH3 is 1. The van der Waals surface area contributed by atoms with Crippen molar-refractivity contribution in [3.8, 4) is 0 Å². The van der Waals surface area contributed by atoms with Crippen LogP contribution in [0.1, 0.15) is 19.8 Å². The Morgan fingerprint density at radius 2 is 1.88 bits per heavy atom. The smallest absolute Gasteiger partial charge is 0.383 e. The van der Waals surface area contributed by atoms with Crippen LogP contribution in [-0.4, -0.2) is 57.5 Å². The second-order valence-electron chi connectivity index (χ2n) is 3.93. The predicted molar refractivity (Wildman–Crippen MR) is 62.1 cm³/mol. The highest BCUT2D eigenvalue weighted by Crippen LogP contribution is 2.16. The van der Waals surface area contributed by atoms with Crippen LogP contribution in [0.2, 0.25) is 0 Å². The first kappa shape index (κ1) is 16.7. The molecule has 0 aliphatic heterocycles. The van der Waals surface area contributed by atoms with Crippen LogP contribution in [0.5, 0.6) is 0 Å². The van der Waals surface area contributed by atoms with Crippen molar-refractivity contribution < 1.29 is 17.9 Å². The third-order valence-corrected chi connectivity index (χ3v) is 2.41. The first-order chi connectivity index (χ1) is 7.99. The van der Waals surface area contributed by atoms with Crippen LogP contribution < -0.4 is 5.32 Å². The summed E-state index contributed by atoms with van der Waals surface area (Å²) in [6.07, 6.45) is -2.42. The zero-order valence-corrected chi connectivity index (χ0v) is 10.6. The van der Waals surface area contributed by atoms with Gasteiger partial charge < -0.3 is 10.1 Å². The molecule has 0 aromatic heterocycles. The Hall–Kier alpha value is -0.330. The maximum atomic E-state index is 12.1. The van der Waals surface area contributed by atoms with Crippen LogP contribution in [0.3, 0.4) is 0 Å². The summed E-state index contributed by atoms with van der Waals surface area (Å²) in [7, 11) is 1.64. The van der Waals surface area contributed by atoms with E-state index in [-0.39, 0.29) is 0 Å². The van der Waals surface area contributed by atoms with Crippen LogP contribution >= 0.6 is 0 Å². The Bertz CT molecular complexity index is 177. The Labute approximate surface area is 101 Å². The Kier molecular flexibility index (Phi) is 9.49. The van der Waals surface area contributed by atoms with E-state index in [1.54, 1.807) is 14.0 Å². The minimum absolute atomic E-state index is 0.441. The molecule has 0 spiro atoms. The molecule has 0 bridgehead atoms. The topological polar surface area (TPSA) is 24.5 Å². The van der Waals surface area contributed by atoms with E-state index in [1.807, 2.05) is 0 Å². The Morgan fingerprint density at radius 1 is 1.18 bits per heavy atom. The molecule has 0 aromatic rings. The summed E-state index contributed by atoms with van der Waals surface area (Å²) in [4.78, 5) is 1.43.